The van der Waals surface area contributed by atoms with Crippen molar-refractivity contribution in [3.63, 3.8) is 0 Å². The number of amides is 4. The van der Waals surface area contributed by atoms with Gasteiger partial charge in [0.25, 0.3) is 11.8 Å². The maximum Gasteiger partial charge on any atom is 0.327 e. The van der Waals surface area contributed by atoms with Crippen LogP contribution in [0.3, 0.4) is 0 Å². The molecule has 4 amide bonds. The molecule has 0 unspecified atom stereocenters. The third-order valence-corrected chi connectivity index (χ3v) is 6.24. The largest absolute Gasteiger partial charge is 0.385 e. The molecule has 0 radical (unpaired) electrons. The zero-order valence-corrected chi connectivity index (χ0v) is 18.7. The van der Waals surface area contributed by atoms with Crippen LogP contribution in [0.2, 0.25) is 0 Å². The first kappa shape index (κ1) is 22.3. The number of carbonyl (C=O) groups excluding carboxylic acids is 3. The number of piperidine rings is 1. The van der Waals surface area contributed by atoms with E-state index in [1.807, 2.05) is 27.8 Å². The van der Waals surface area contributed by atoms with E-state index in [1.165, 1.54) is 4.90 Å². The molecule has 0 atom stereocenters. The summed E-state index contributed by atoms with van der Waals surface area (Å²) in [6, 6.07) is -0.215. The highest BCUT2D eigenvalue weighted by atomic mass is 16.5. The van der Waals surface area contributed by atoms with Crippen molar-refractivity contribution in [1.82, 2.24) is 24.5 Å². The summed E-state index contributed by atoms with van der Waals surface area (Å²) in [5.74, 6) is 0.0451. The van der Waals surface area contributed by atoms with E-state index in [-0.39, 0.29) is 23.8 Å². The summed E-state index contributed by atoms with van der Waals surface area (Å²) in [5, 5.41) is 4.16. The molecule has 2 aliphatic rings. The molecule has 1 aromatic heterocycles. The van der Waals surface area contributed by atoms with Gasteiger partial charge in [0.15, 0.2) is 0 Å². The zero-order chi connectivity index (χ0) is 22.1. The number of methoxy groups -OCH3 is 1. The van der Waals surface area contributed by atoms with Gasteiger partial charge in [0.05, 0.1) is 11.8 Å². The Balaban J connectivity index is 1.78. The van der Waals surface area contributed by atoms with Gasteiger partial charge in [-0.1, -0.05) is 13.8 Å². The highest BCUT2D eigenvalue weighted by Gasteiger charge is 2.58. The van der Waals surface area contributed by atoms with Gasteiger partial charge >= 0.3 is 6.03 Å². The van der Waals surface area contributed by atoms with E-state index in [2.05, 4.69) is 5.10 Å². The van der Waals surface area contributed by atoms with Gasteiger partial charge in [-0.25, -0.2) is 4.79 Å². The predicted molar refractivity (Wildman–Crippen MR) is 111 cm³/mol. The van der Waals surface area contributed by atoms with Gasteiger partial charge in [0.2, 0.25) is 0 Å². The van der Waals surface area contributed by atoms with Crippen molar-refractivity contribution in [2.24, 2.45) is 13.0 Å². The second-order valence-electron chi connectivity index (χ2n) is 8.68. The van der Waals surface area contributed by atoms with Gasteiger partial charge < -0.3 is 14.5 Å². The molecule has 2 saturated heterocycles. The van der Waals surface area contributed by atoms with Crippen LogP contribution in [0.4, 0.5) is 4.79 Å². The minimum absolute atomic E-state index is 0.0698. The fraction of sp³-hybridized carbons (Fsp3) is 0.714. The molecule has 3 rings (SSSR count). The van der Waals surface area contributed by atoms with Crippen LogP contribution in [-0.4, -0.2) is 87.8 Å². The van der Waals surface area contributed by atoms with Crippen LogP contribution in [0.5, 0.6) is 0 Å². The summed E-state index contributed by atoms with van der Waals surface area (Å²) in [6.07, 6.45) is 3.12. The third kappa shape index (κ3) is 3.82. The Kier molecular flexibility index (Phi) is 6.50. The van der Waals surface area contributed by atoms with Crippen LogP contribution in [0.1, 0.15) is 49.2 Å². The van der Waals surface area contributed by atoms with E-state index < -0.39 is 5.54 Å². The fourth-order valence-electron chi connectivity index (χ4n) is 4.41. The average molecular weight is 420 g/mol. The number of hydrogen-bond acceptors (Lipinski definition) is 5. The lowest BCUT2D eigenvalue weighted by atomic mass is 9.85. The lowest BCUT2D eigenvalue weighted by molar-refractivity contribution is -0.135. The number of nitrogens with zero attached hydrogens (tertiary/aromatic N) is 5. The first-order valence-corrected chi connectivity index (χ1v) is 10.6. The number of aryl methyl sites for hydroxylation is 1. The van der Waals surface area contributed by atoms with Crippen molar-refractivity contribution in [3.05, 3.63) is 17.5 Å². The summed E-state index contributed by atoms with van der Waals surface area (Å²) in [4.78, 5) is 44.4. The predicted octanol–water partition coefficient (Wildman–Crippen LogP) is 1.66. The van der Waals surface area contributed by atoms with Gasteiger partial charge in [0.1, 0.15) is 5.54 Å². The maximum atomic E-state index is 13.4. The molecule has 0 saturated carbocycles. The van der Waals surface area contributed by atoms with Crippen molar-refractivity contribution in [1.29, 1.82) is 0 Å². The van der Waals surface area contributed by atoms with Crippen LogP contribution in [-0.2, 0) is 16.6 Å². The highest BCUT2D eigenvalue weighted by Crippen LogP contribution is 2.38. The van der Waals surface area contributed by atoms with Crippen molar-refractivity contribution < 1.29 is 19.1 Å². The molecular weight excluding hydrogens is 386 g/mol. The van der Waals surface area contributed by atoms with E-state index in [0.29, 0.717) is 57.6 Å². The highest BCUT2D eigenvalue weighted by molar-refractivity contribution is 6.07. The number of hydrogen-bond donors (Lipinski definition) is 0. The Bertz CT molecular complexity index is 810. The summed E-state index contributed by atoms with van der Waals surface area (Å²) < 4.78 is 6.76. The van der Waals surface area contributed by atoms with E-state index in [1.54, 1.807) is 27.8 Å². The van der Waals surface area contributed by atoms with Gasteiger partial charge in [-0.3, -0.25) is 19.2 Å². The lowest BCUT2D eigenvalue weighted by Crippen LogP contribution is -2.58. The Morgan fingerprint density at radius 3 is 2.47 bits per heavy atom. The Hall–Kier alpha value is -2.42. The second kappa shape index (κ2) is 8.75. The van der Waals surface area contributed by atoms with Crippen LogP contribution in [0.25, 0.3) is 0 Å². The fourth-order valence-corrected chi connectivity index (χ4v) is 4.41. The number of aromatic nitrogens is 2. The van der Waals surface area contributed by atoms with Gasteiger partial charge in [-0.05, 0) is 32.1 Å². The third-order valence-electron chi connectivity index (χ3n) is 6.24. The Morgan fingerprint density at radius 1 is 1.27 bits per heavy atom. The van der Waals surface area contributed by atoms with Crippen LogP contribution >= 0.6 is 0 Å². The van der Waals surface area contributed by atoms with Crippen LogP contribution < -0.4 is 0 Å². The van der Waals surface area contributed by atoms with Crippen molar-refractivity contribution >= 4 is 17.8 Å². The van der Waals surface area contributed by atoms with Crippen LogP contribution in [0, 0.1) is 12.8 Å². The summed E-state index contributed by atoms with van der Waals surface area (Å²) in [7, 11) is 3.42. The molecule has 3 heterocycles. The normalized spacial score (nSPS) is 18.9. The number of urea groups is 1. The quantitative estimate of drug-likeness (QED) is 0.495. The number of rotatable bonds is 7. The van der Waals surface area contributed by atoms with E-state index in [9.17, 15) is 14.4 Å². The smallest absolute Gasteiger partial charge is 0.327 e. The summed E-state index contributed by atoms with van der Waals surface area (Å²) in [5.41, 5.74) is 0.551. The molecule has 166 valence electrons. The molecule has 1 aromatic rings. The van der Waals surface area contributed by atoms with E-state index in [0.717, 1.165) is 5.69 Å². The molecule has 0 bridgehead atoms. The number of ether oxygens (including phenoxy) is 1. The number of carbonyl (C=O) groups is 3. The average Bonchev–Trinajstić information content (AvgIpc) is 3.14. The molecule has 2 aliphatic heterocycles. The molecule has 0 aliphatic carbocycles. The number of imide groups is 1. The Morgan fingerprint density at radius 2 is 1.93 bits per heavy atom. The lowest BCUT2D eigenvalue weighted by Gasteiger charge is -2.42. The minimum atomic E-state index is -0.852. The zero-order valence-electron chi connectivity index (χ0n) is 18.7. The topological polar surface area (TPSA) is 88.0 Å². The van der Waals surface area contributed by atoms with Gasteiger partial charge in [-0.2, -0.15) is 5.10 Å². The Labute approximate surface area is 177 Å². The molecule has 9 nitrogen and oxygen atoms in total. The summed E-state index contributed by atoms with van der Waals surface area (Å²) >= 11 is 0. The molecule has 30 heavy (non-hydrogen) atoms. The van der Waals surface area contributed by atoms with Crippen molar-refractivity contribution in [3.8, 4) is 0 Å². The minimum Gasteiger partial charge on any atom is -0.385 e. The maximum absolute atomic E-state index is 13.4. The van der Waals surface area contributed by atoms with E-state index >= 15 is 0 Å². The monoisotopic (exact) mass is 419 g/mol. The first-order chi connectivity index (χ1) is 14.2. The van der Waals surface area contributed by atoms with Gasteiger partial charge in [0, 0.05) is 52.6 Å². The SMILES string of the molecule is COCCCN1C(=O)N(CC(C)C)C2(CCN(C(=O)c3cnn(C)c3C)CC2)C1=O. The second-order valence-corrected chi connectivity index (χ2v) is 8.68. The van der Waals surface area contributed by atoms with Gasteiger partial charge in [-0.15, -0.1) is 0 Å². The van der Waals surface area contributed by atoms with E-state index in [4.69, 9.17) is 4.74 Å². The molecule has 2 fully saturated rings. The van der Waals surface area contributed by atoms with Crippen LogP contribution in [0.15, 0.2) is 6.20 Å². The first-order valence-electron chi connectivity index (χ1n) is 10.6. The standard InChI is InChI=1S/C21H33N5O4/c1-15(2)14-26-20(29)25(9-6-12-30-5)19(28)21(26)7-10-24(11-8-21)18(27)17-13-22-23(4)16(17)3/h13,15H,6-12,14H2,1-5H3. The molecule has 0 aromatic carbocycles. The van der Waals surface area contributed by atoms with Crippen molar-refractivity contribution in [2.45, 2.75) is 45.6 Å². The number of likely N-dealkylation sites (tertiary alicyclic amines) is 1. The molecule has 0 N–H and O–H groups in total. The summed E-state index contributed by atoms with van der Waals surface area (Å²) in [6.45, 7) is 8.22. The molecule has 9 heteroatoms. The molecule has 1 spiro atoms. The van der Waals surface area contributed by atoms with Crippen molar-refractivity contribution in [2.75, 3.05) is 39.9 Å². The molecular formula is C21H33N5O4.